The lowest BCUT2D eigenvalue weighted by Crippen LogP contribution is -2.38. The maximum atomic E-state index is 12.9. The minimum absolute atomic E-state index is 0.0891. The molecular formula is C16H22N4O3S. The van der Waals surface area contributed by atoms with E-state index in [0.29, 0.717) is 38.3 Å². The third kappa shape index (κ3) is 3.03. The van der Waals surface area contributed by atoms with Crippen LogP contribution in [0.1, 0.15) is 23.8 Å². The number of carbonyl (C=O) groups is 1. The van der Waals surface area contributed by atoms with Crippen LogP contribution in [0.5, 0.6) is 0 Å². The molecule has 0 saturated carbocycles. The molecule has 1 fully saturated rings. The van der Waals surface area contributed by atoms with Crippen molar-refractivity contribution in [2.45, 2.75) is 13.3 Å². The Morgan fingerprint density at radius 2 is 1.92 bits per heavy atom. The van der Waals surface area contributed by atoms with Gasteiger partial charge in [-0.2, -0.15) is 5.10 Å². The number of para-hydroxylation sites is 1. The number of amides is 1. The number of hydrogen-bond donors (Lipinski definition) is 0. The summed E-state index contributed by atoms with van der Waals surface area (Å²) in [6.07, 6.45) is 0.635. The van der Waals surface area contributed by atoms with Crippen LogP contribution in [0.25, 0.3) is 10.9 Å². The fourth-order valence-electron chi connectivity index (χ4n) is 3.08. The third-order valence-electron chi connectivity index (χ3n) is 4.46. The Morgan fingerprint density at radius 3 is 2.67 bits per heavy atom. The van der Waals surface area contributed by atoms with Gasteiger partial charge < -0.3 is 4.90 Å². The number of benzene rings is 1. The Balaban J connectivity index is 1.83. The normalized spacial score (nSPS) is 17.2. The number of aromatic nitrogens is 2. The first-order valence-electron chi connectivity index (χ1n) is 8.13. The number of aryl methyl sites for hydroxylation is 1. The molecular weight excluding hydrogens is 328 g/mol. The Morgan fingerprint density at radius 1 is 1.17 bits per heavy atom. The zero-order valence-electron chi connectivity index (χ0n) is 14.0. The largest absolute Gasteiger partial charge is 0.336 e. The van der Waals surface area contributed by atoms with Crippen LogP contribution in [0.4, 0.5) is 0 Å². The van der Waals surface area contributed by atoms with E-state index in [2.05, 4.69) is 5.10 Å². The molecule has 8 heteroatoms. The molecule has 130 valence electrons. The molecule has 0 atom stereocenters. The zero-order chi connectivity index (χ0) is 17.3. The molecule has 0 N–H and O–H groups in total. The first-order valence-corrected chi connectivity index (χ1v) is 9.74. The molecule has 1 aliphatic heterocycles. The molecule has 0 unspecified atom stereocenters. The van der Waals surface area contributed by atoms with Gasteiger partial charge in [-0.15, -0.1) is 0 Å². The number of hydrogen-bond acceptors (Lipinski definition) is 4. The van der Waals surface area contributed by atoms with E-state index in [0.717, 1.165) is 10.9 Å². The van der Waals surface area contributed by atoms with Crippen molar-refractivity contribution in [1.29, 1.82) is 0 Å². The summed E-state index contributed by atoms with van der Waals surface area (Å²) in [6.45, 7) is 3.38. The fraction of sp³-hybridized carbons (Fsp3) is 0.500. The molecule has 1 saturated heterocycles. The Labute approximate surface area is 141 Å². The van der Waals surface area contributed by atoms with Crippen molar-refractivity contribution in [3.63, 3.8) is 0 Å². The van der Waals surface area contributed by atoms with Crippen molar-refractivity contribution in [2.24, 2.45) is 7.05 Å². The number of sulfonamides is 1. The summed E-state index contributed by atoms with van der Waals surface area (Å²) in [6, 6.07) is 7.62. The molecule has 1 amide bonds. The number of fused-ring (bicyclic) bond motifs is 1. The van der Waals surface area contributed by atoms with Gasteiger partial charge in [0.25, 0.3) is 5.91 Å². The summed E-state index contributed by atoms with van der Waals surface area (Å²) in [5.41, 5.74) is 1.34. The summed E-state index contributed by atoms with van der Waals surface area (Å²) in [4.78, 5) is 14.6. The van der Waals surface area contributed by atoms with Crippen LogP contribution in [0.3, 0.4) is 0 Å². The fourth-order valence-corrected chi connectivity index (χ4v) is 4.21. The van der Waals surface area contributed by atoms with Crippen molar-refractivity contribution >= 4 is 26.8 Å². The van der Waals surface area contributed by atoms with E-state index < -0.39 is 10.0 Å². The predicted molar refractivity (Wildman–Crippen MR) is 92.3 cm³/mol. The Bertz CT molecular complexity index is 859. The summed E-state index contributed by atoms with van der Waals surface area (Å²) >= 11 is 0. The molecule has 1 aromatic carbocycles. The van der Waals surface area contributed by atoms with Crippen LogP contribution in [0, 0.1) is 0 Å². The predicted octanol–water partition coefficient (Wildman–Crippen LogP) is 1.07. The minimum atomic E-state index is -3.21. The molecule has 3 rings (SSSR count). The first kappa shape index (κ1) is 16.9. The summed E-state index contributed by atoms with van der Waals surface area (Å²) in [5, 5.41) is 5.20. The molecule has 0 spiro atoms. The van der Waals surface area contributed by atoms with E-state index >= 15 is 0 Å². The second-order valence-electron chi connectivity index (χ2n) is 5.93. The lowest BCUT2D eigenvalue weighted by molar-refractivity contribution is 0.0759. The van der Waals surface area contributed by atoms with Gasteiger partial charge in [0, 0.05) is 38.6 Å². The lowest BCUT2D eigenvalue weighted by Gasteiger charge is -2.21. The van der Waals surface area contributed by atoms with Crippen molar-refractivity contribution in [3.05, 3.63) is 30.0 Å². The van der Waals surface area contributed by atoms with Crippen molar-refractivity contribution < 1.29 is 13.2 Å². The van der Waals surface area contributed by atoms with Gasteiger partial charge in [-0.25, -0.2) is 12.7 Å². The molecule has 0 radical (unpaired) electrons. The first-order chi connectivity index (χ1) is 11.4. The van der Waals surface area contributed by atoms with Crippen LogP contribution in [-0.4, -0.2) is 65.2 Å². The van der Waals surface area contributed by atoms with Crippen LogP contribution in [0.15, 0.2) is 24.3 Å². The van der Waals surface area contributed by atoms with Gasteiger partial charge in [-0.3, -0.25) is 9.48 Å². The van der Waals surface area contributed by atoms with Gasteiger partial charge in [0.1, 0.15) is 0 Å². The average molecular weight is 350 g/mol. The molecule has 0 aliphatic carbocycles. The lowest BCUT2D eigenvalue weighted by atomic mass is 10.2. The topological polar surface area (TPSA) is 75.5 Å². The number of carbonyl (C=O) groups excluding carboxylic acids is 1. The van der Waals surface area contributed by atoms with Crippen LogP contribution >= 0.6 is 0 Å². The van der Waals surface area contributed by atoms with E-state index in [4.69, 9.17) is 0 Å². The van der Waals surface area contributed by atoms with Gasteiger partial charge in [0.15, 0.2) is 5.69 Å². The maximum absolute atomic E-state index is 12.9. The van der Waals surface area contributed by atoms with Crippen molar-refractivity contribution in [2.75, 3.05) is 31.9 Å². The van der Waals surface area contributed by atoms with E-state index in [1.165, 1.54) is 4.31 Å². The third-order valence-corrected chi connectivity index (χ3v) is 6.34. The molecule has 7 nitrogen and oxygen atoms in total. The highest BCUT2D eigenvalue weighted by Gasteiger charge is 2.27. The molecule has 1 aromatic heterocycles. The van der Waals surface area contributed by atoms with Crippen LogP contribution < -0.4 is 0 Å². The highest BCUT2D eigenvalue weighted by molar-refractivity contribution is 7.89. The van der Waals surface area contributed by atoms with E-state index in [1.54, 1.807) is 16.5 Å². The molecule has 24 heavy (non-hydrogen) atoms. The molecule has 2 heterocycles. The molecule has 0 bridgehead atoms. The van der Waals surface area contributed by atoms with Gasteiger partial charge in [0.05, 0.1) is 11.3 Å². The highest BCUT2D eigenvalue weighted by atomic mass is 32.2. The Hall–Kier alpha value is -1.93. The Kier molecular flexibility index (Phi) is 4.60. The quantitative estimate of drug-likeness (QED) is 0.830. The van der Waals surface area contributed by atoms with Crippen LogP contribution in [0.2, 0.25) is 0 Å². The molecule has 1 aliphatic rings. The van der Waals surface area contributed by atoms with Gasteiger partial charge >= 0.3 is 0 Å². The van der Waals surface area contributed by atoms with E-state index in [9.17, 15) is 13.2 Å². The summed E-state index contributed by atoms with van der Waals surface area (Å²) < 4.78 is 27.3. The second kappa shape index (κ2) is 6.52. The van der Waals surface area contributed by atoms with Crippen molar-refractivity contribution in [3.8, 4) is 0 Å². The number of nitrogens with zero attached hydrogens (tertiary/aromatic N) is 4. The molecule has 2 aromatic rings. The minimum Gasteiger partial charge on any atom is -0.336 e. The van der Waals surface area contributed by atoms with Crippen LogP contribution in [-0.2, 0) is 17.1 Å². The summed E-state index contributed by atoms with van der Waals surface area (Å²) in [7, 11) is -1.40. The summed E-state index contributed by atoms with van der Waals surface area (Å²) in [5.74, 6) is -0.0474. The smallest absolute Gasteiger partial charge is 0.275 e. The van der Waals surface area contributed by atoms with E-state index in [-0.39, 0.29) is 11.7 Å². The van der Waals surface area contributed by atoms with Gasteiger partial charge in [-0.05, 0) is 19.4 Å². The van der Waals surface area contributed by atoms with Gasteiger partial charge in [-0.1, -0.05) is 18.2 Å². The average Bonchev–Trinajstić information content (AvgIpc) is 2.77. The van der Waals surface area contributed by atoms with Crippen molar-refractivity contribution in [1.82, 2.24) is 19.0 Å². The van der Waals surface area contributed by atoms with Gasteiger partial charge in [0.2, 0.25) is 10.0 Å². The second-order valence-corrected chi connectivity index (χ2v) is 8.19. The standard InChI is InChI=1S/C16H22N4O3S/c1-3-24(22,23)20-10-6-9-19(11-12-20)16(21)15-13-7-4-5-8-14(13)18(2)17-15/h4-5,7-8H,3,6,9-12H2,1-2H3. The zero-order valence-corrected chi connectivity index (χ0v) is 14.8. The number of rotatable bonds is 3. The SMILES string of the molecule is CCS(=O)(=O)N1CCCN(C(=O)c2nn(C)c3ccccc23)CC1. The highest BCUT2D eigenvalue weighted by Crippen LogP contribution is 2.20. The maximum Gasteiger partial charge on any atom is 0.275 e. The monoisotopic (exact) mass is 350 g/mol. The van der Waals surface area contributed by atoms with E-state index in [1.807, 2.05) is 31.3 Å².